The quantitative estimate of drug-likeness (QED) is 0.479. The van der Waals surface area contributed by atoms with Crippen LogP contribution in [-0.4, -0.2) is 5.78 Å². The topological polar surface area (TPSA) is 20.9 Å². The number of pyridine rings is 1. The fourth-order valence-electron chi connectivity index (χ4n) is 1.42. The molecule has 0 aliphatic carbocycles. The molecule has 2 aromatic rings. The first-order valence-corrected chi connectivity index (χ1v) is 6.47. The average Bonchev–Trinajstić information content (AvgIpc) is 2.37. The summed E-state index contributed by atoms with van der Waals surface area (Å²) in [5.41, 5.74) is 0.650. The number of aromatic nitrogens is 1. The van der Waals surface area contributed by atoms with Crippen LogP contribution in [0.4, 0.5) is 0 Å². The molecule has 0 saturated carbocycles. The van der Waals surface area contributed by atoms with Crippen LogP contribution in [-0.2, 0) is 0 Å². The summed E-state index contributed by atoms with van der Waals surface area (Å²) in [6.45, 7) is 0. The maximum Gasteiger partial charge on any atom is 0.193 e. The van der Waals surface area contributed by atoms with Crippen LogP contribution in [0.2, 0.25) is 5.02 Å². The summed E-state index contributed by atoms with van der Waals surface area (Å²) >= 11 is 9.18. The number of ketones is 1. The van der Waals surface area contributed by atoms with Gasteiger partial charge >= 0.3 is 0 Å². The molecule has 0 saturated heterocycles. The number of rotatable bonds is 3. The van der Waals surface area contributed by atoms with Crippen LogP contribution in [0.25, 0.3) is 6.20 Å². The maximum absolute atomic E-state index is 11.9. The van der Waals surface area contributed by atoms with Gasteiger partial charge in [0.25, 0.3) is 0 Å². The van der Waals surface area contributed by atoms with E-state index in [1.165, 1.54) is 6.08 Å². The minimum atomic E-state index is -0.0463. The van der Waals surface area contributed by atoms with Crippen molar-refractivity contribution in [1.82, 2.24) is 0 Å². The van der Waals surface area contributed by atoms with Crippen molar-refractivity contribution in [3.05, 3.63) is 69.9 Å². The first kappa shape index (κ1) is 13.0. The van der Waals surface area contributed by atoms with Gasteiger partial charge in [-0.1, -0.05) is 27.5 Å². The van der Waals surface area contributed by atoms with Crippen molar-refractivity contribution in [3.63, 3.8) is 0 Å². The lowest BCUT2D eigenvalue weighted by Gasteiger charge is -1.94. The molecule has 0 aliphatic heterocycles. The fraction of sp³-hybridized carbons (Fsp3) is 0. The molecule has 0 aliphatic rings. The summed E-state index contributed by atoms with van der Waals surface area (Å²) in [5.74, 6) is -0.0463. The molecule has 2 rings (SSSR count). The number of benzene rings is 1. The molecule has 2 nitrogen and oxygen atoms in total. The molecule has 4 heteroatoms. The van der Waals surface area contributed by atoms with Gasteiger partial charge in [-0.25, -0.2) is 0 Å². The molecule has 0 spiro atoms. The van der Waals surface area contributed by atoms with Crippen LogP contribution < -0.4 is 4.57 Å². The van der Waals surface area contributed by atoms with E-state index < -0.39 is 0 Å². The minimum Gasteiger partial charge on any atom is -0.289 e. The number of allylic oxidation sites excluding steroid dienone is 1. The second-order valence-corrected chi connectivity index (χ2v) is 5.01. The third-order valence-electron chi connectivity index (χ3n) is 2.31. The SMILES string of the molecule is O=C(/C=C\[n+]1cccc(Cl)c1)c1ccc(Br)cc1. The lowest BCUT2D eigenvalue weighted by molar-refractivity contribution is -0.568. The molecule has 0 bridgehead atoms. The first-order valence-electron chi connectivity index (χ1n) is 5.29. The van der Waals surface area contributed by atoms with Gasteiger partial charge in [0, 0.05) is 16.1 Å². The molecule has 90 valence electrons. The second kappa shape index (κ2) is 5.94. The summed E-state index contributed by atoms with van der Waals surface area (Å²) in [6, 6.07) is 10.8. The zero-order valence-corrected chi connectivity index (χ0v) is 11.7. The molecule has 0 atom stereocenters. The van der Waals surface area contributed by atoms with Gasteiger partial charge in [0.2, 0.25) is 0 Å². The Morgan fingerprint density at radius 3 is 2.61 bits per heavy atom. The van der Waals surface area contributed by atoms with E-state index in [0.29, 0.717) is 10.6 Å². The van der Waals surface area contributed by atoms with Gasteiger partial charge in [-0.3, -0.25) is 4.79 Å². The van der Waals surface area contributed by atoms with E-state index in [0.717, 1.165) is 4.47 Å². The van der Waals surface area contributed by atoms with Gasteiger partial charge < -0.3 is 0 Å². The Bertz CT molecular complexity index is 593. The molecule has 1 heterocycles. The molecule has 0 N–H and O–H groups in total. The zero-order chi connectivity index (χ0) is 13.0. The Labute approximate surface area is 119 Å². The predicted octanol–water partition coefficient (Wildman–Crippen LogP) is 3.74. The molecule has 1 aromatic carbocycles. The normalized spacial score (nSPS) is 10.8. The highest BCUT2D eigenvalue weighted by molar-refractivity contribution is 9.10. The van der Waals surface area contributed by atoms with Gasteiger partial charge in [0.15, 0.2) is 24.4 Å². The van der Waals surface area contributed by atoms with E-state index in [-0.39, 0.29) is 5.78 Å². The molecule has 0 unspecified atom stereocenters. The van der Waals surface area contributed by atoms with Crippen molar-refractivity contribution in [2.75, 3.05) is 0 Å². The lowest BCUT2D eigenvalue weighted by Crippen LogP contribution is -2.24. The van der Waals surface area contributed by atoms with E-state index in [4.69, 9.17) is 11.6 Å². The zero-order valence-electron chi connectivity index (χ0n) is 9.38. The highest BCUT2D eigenvalue weighted by Gasteiger charge is 2.03. The summed E-state index contributed by atoms with van der Waals surface area (Å²) in [4.78, 5) is 11.9. The van der Waals surface area contributed by atoms with E-state index in [1.807, 2.05) is 24.4 Å². The van der Waals surface area contributed by atoms with E-state index >= 15 is 0 Å². The van der Waals surface area contributed by atoms with Crippen LogP contribution in [0.15, 0.2) is 59.3 Å². The Kier molecular flexibility index (Phi) is 4.28. The summed E-state index contributed by atoms with van der Waals surface area (Å²) in [5, 5.41) is 0.623. The van der Waals surface area contributed by atoms with Crippen LogP contribution in [0, 0.1) is 0 Å². The number of hydrogen-bond acceptors (Lipinski definition) is 1. The van der Waals surface area contributed by atoms with E-state index in [1.54, 1.807) is 35.2 Å². The van der Waals surface area contributed by atoms with Gasteiger partial charge in [-0.05, 0) is 30.3 Å². The third kappa shape index (κ3) is 3.52. The third-order valence-corrected chi connectivity index (χ3v) is 3.07. The van der Waals surface area contributed by atoms with Crippen LogP contribution in [0.5, 0.6) is 0 Å². The predicted molar refractivity (Wildman–Crippen MR) is 75.4 cm³/mol. The Balaban J connectivity index is 2.14. The van der Waals surface area contributed by atoms with Gasteiger partial charge in [0.05, 0.1) is 6.08 Å². The van der Waals surface area contributed by atoms with Gasteiger partial charge in [-0.2, -0.15) is 4.57 Å². The number of halogens is 2. The molecule has 0 radical (unpaired) electrons. The number of carbonyl (C=O) groups excluding carboxylic acids is 1. The number of carbonyl (C=O) groups is 1. The van der Waals surface area contributed by atoms with Crippen molar-refractivity contribution >= 4 is 39.5 Å². The molecular weight excluding hydrogens is 314 g/mol. The number of hydrogen-bond donors (Lipinski definition) is 0. The summed E-state index contributed by atoms with van der Waals surface area (Å²) in [6.07, 6.45) is 6.74. The Hall–Kier alpha value is -1.45. The monoisotopic (exact) mass is 322 g/mol. The van der Waals surface area contributed by atoms with Crippen molar-refractivity contribution in [2.45, 2.75) is 0 Å². The largest absolute Gasteiger partial charge is 0.289 e. The Morgan fingerprint density at radius 2 is 1.94 bits per heavy atom. The highest BCUT2D eigenvalue weighted by Crippen LogP contribution is 2.11. The number of nitrogens with zero attached hydrogens (tertiary/aromatic N) is 1. The Morgan fingerprint density at radius 1 is 1.22 bits per heavy atom. The van der Waals surface area contributed by atoms with Crippen molar-refractivity contribution in [1.29, 1.82) is 0 Å². The summed E-state index contributed by atoms with van der Waals surface area (Å²) < 4.78 is 2.69. The van der Waals surface area contributed by atoms with Crippen LogP contribution in [0.1, 0.15) is 10.4 Å². The molecule has 0 amide bonds. The van der Waals surface area contributed by atoms with Crippen molar-refractivity contribution in [2.24, 2.45) is 0 Å². The van der Waals surface area contributed by atoms with E-state index in [9.17, 15) is 4.79 Å². The average molecular weight is 324 g/mol. The summed E-state index contributed by atoms with van der Waals surface area (Å²) in [7, 11) is 0. The smallest absolute Gasteiger partial charge is 0.193 e. The van der Waals surface area contributed by atoms with Crippen molar-refractivity contribution in [3.8, 4) is 0 Å². The molecular formula is C14H10BrClNO+. The second-order valence-electron chi connectivity index (χ2n) is 3.66. The maximum atomic E-state index is 11.9. The van der Waals surface area contributed by atoms with Gasteiger partial charge in [0.1, 0.15) is 5.02 Å². The van der Waals surface area contributed by atoms with Crippen molar-refractivity contribution < 1.29 is 9.36 Å². The first-order chi connectivity index (χ1) is 8.65. The van der Waals surface area contributed by atoms with Gasteiger partial charge in [-0.15, -0.1) is 0 Å². The lowest BCUT2D eigenvalue weighted by atomic mass is 10.1. The van der Waals surface area contributed by atoms with Crippen LogP contribution >= 0.6 is 27.5 Å². The molecule has 18 heavy (non-hydrogen) atoms. The fourth-order valence-corrected chi connectivity index (χ4v) is 1.87. The highest BCUT2D eigenvalue weighted by atomic mass is 79.9. The minimum absolute atomic E-state index is 0.0463. The van der Waals surface area contributed by atoms with E-state index in [2.05, 4.69) is 15.9 Å². The molecule has 1 aromatic heterocycles. The molecule has 0 fully saturated rings. The van der Waals surface area contributed by atoms with Crippen LogP contribution in [0.3, 0.4) is 0 Å². The standard InChI is InChI=1S/C14H10BrClNO/c15-12-5-3-11(4-6-12)14(18)7-9-17-8-1-2-13(16)10-17/h1-10H/q+1/b9-7-.